The van der Waals surface area contributed by atoms with E-state index < -0.39 is 0 Å². The number of ether oxygens (including phenoxy) is 1. The number of benzene rings is 1. The van der Waals surface area contributed by atoms with E-state index in [-0.39, 0.29) is 6.73 Å². The molecule has 60 valence electrons. The highest BCUT2D eigenvalue weighted by atomic mass is 16.5. The quantitative estimate of drug-likeness (QED) is 0.665. The summed E-state index contributed by atoms with van der Waals surface area (Å²) >= 11 is 0. The van der Waals surface area contributed by atoms with E-state index in [0.29, 0.717) is 0 Å². The maximum Gasteiger partial charge on any atom is 0.137 e. The summed E-state index contributed by atoms with van der Waals surface area (Å²) in [4.78, 5) is 0. The average molecular weight is 151 g/mol. The van der Waals surface area contributed by atoms with Crippen LogP contribution in [0.5, 0.6) is 5.75 Å². The number of hydrogen-bond acceptors (Lipinski definition) is 2. The standard InChI is InChI=1S/C9H13NO/c1-2-8-5-3-4-6-9(8)11-7-10/h3-6H,2,7,10H2,1H3. The van der Waals surface area contributed by atoms with Crippen LogP contribution in [0.1, 0.15) is 12.5 Å². The molecule has 0 amide bonds. The molecule has 1 aromatic carbocycles. The van der Waals surface area contributed by atoms with Gasteiger partial charge in [-0.2, -0.15) is 0 Å². The number of aryl methyl sites for hydroxylation is 1. The molecule has 11 heavy (non-hydrogen) atoms. The third-order valence-electron chi connectivity index (χ3n) is 1.59. The van der Waals surface area contributed by atoms with Crippen LogP contribution in [-0.2, 0) is 6.42 Å². The molecule has 0 aromatic heterocycles. The van der Waals surface area contributed by atoms with Gasteiger partial charge in [0.2, 0.25) is 0 Å². The van der Waals surface area contributed by atoms with Crippen molar-refractivity contribution in [3.8, 4) is 5.75 Å². The Hall–Kier alpha value is -1.02. The summed E-state index contributed by atoms with van der Waals surface area (Å²) in [7, 11) is 0. The van der Waals surface area contributed by atoms with Crippen LogP contribution in [-0.4, -0.2) is 6.73 Å². The summed E-state index contributed by atoms with van der Waals surface area (Å²) in [6.45, 7) is 2.34. The van der Waals surface area contributed by atoms with E-state index in [4.69, 9.17) is 10.5 Å². The summed E-state index contributed by atoms with van der Waals surface area (Å²) in [5, 5.41) is 0. The Kier molecular flexibility index (Phi) is 2.93. The predicted octanol–water partition coefficient (Wildman–Crippen LogP) is 1.54. The molecule has 0 aliphatic heterocycles. The van der Waals surface area contributed by atoms with Gasteiger partial charge in [-0.05, 0) is 18.1 Å². The van der Waals surface area contributed by atoms with E-state index in [1.165, 1.54) is 5.56 Å². The van der Waals surface area contributed by atoms with E-state index in [2.05, 4.69) is 6.92 Å². The van der Waals surface area contributed by atoms with Crippen molar-refractivity contribution in [3.63, 3.8) is 0 Å². The van der Waals surface area contributed by atoms with E-state index in [1.54, 1.807) is 0 Å². The lowest BCUT2D eigenvalue weighted by atomic mass is 10.1. The molecular weight excluding hydrogens is 138 g/mol. The van der Waals surface area contributed by atoms with E-state index in [1.807, 2.05) is 24.3 Å². The molecule has 0 saturated heterocycles. The summed E-state index contributed by atoms with van der Waals surface area (Å²) in [6.07, 6.45) is 0.982. The number of hydrogen-bond donors (Lipinski definition) is 1. The molecule has 0 fully saturated rings. The molecule has 0 heterocycles. The molecule has 0 saturated carbocycles. The first-order valence-electron chi connectivity index (χ1n) is 3.79. The minimum absolute atomic E-state index is 0.247. The Morgan fingerprint density at radius 2 is 2.09 bits per heavy atom. The van der Waals surface area contributed by atoms with Gasteiger partial charge in [0.05, 0.1) is 0 Å². The van der Waals surface area contributed by atoms with Crippen molar-refractivity contribution in [2.45, 2.75) is 13.3 Å². The number of para-hydroxylation sites is 1. The highest BCUT2D eigenvalue weighted by Gasteiger charge is 1.97. The van der Waals surface area contributed by atoms with Crippen LogP contribution in [0.15, 0.2) is 24.3 Å². The smallest absolute Gasteiger partial charge is 0.137 e. The lowest BCUT2D eigenvalue weighted by Crippen LogP contribution is -2.08. The van der Waals surface area contributed by atoms with Gasteiger partial charge < -0.3 is 4.74 Å². The van der Waals surface area contributed by atoms with Gasteiger partial charge in [-0.1, -0.05) is 25.1 Å². The van der Waals surface area contributed by atoms with Crippen LogP contribution in [0.2, 0.25) is 0 Å². The SMILES string of the molecule is CCc1ccccc1OCN. The summed E-state index contributed by atoms with van der Waals surface area (Å²) in [6, 6.07) is 7.93. The Morgan fingerprint density at radius 1 is 1.36 bits per heavy atom. The van der Waals surface area contributed by atoms with Gasteiger partial charge in [-0.3, -0.25) is 5.73 Å². The van der Waals surface area contributed by atoms with Crippen LogP contribution in [0.3, 0.4) is 0 Å². The zero-order valence-electron chi connectivity index (χ0n) is 6.71. The Bertz CT molecular complexity index is 223. The van der Waals surface area contributed by atoms with Gasteiger partial charge in [0, 0.05) is 0 Å². The van der Waals surface area contributed by atoms with Crippen LogP contribution < -0.4 is 10.5 Å². The van der Waals surface area contributed by atoms with Crippen molar-refractivity contribution >= 4 is 0 Å². The summed E-state index contributed by atoms with van der Waals surface area (Å²) in [5.74, 6) is 0.900. The summed E-state index contributed by atoms with van der Waals surface area (Å²) in [5.41, 5.74) is 6.47. The monoisotopic (exact) mass is 151 g/mol. The fraction of sp³-hybridized carbons (Fsp3) is 0.333. The molecule has 0 spiro atoms. The first kappa shape index (κ1) is 8.08. The highest BCUT2D eigenvalue weighted by Crippen LogP contribution is 2.17. The second-order valence-electron chi connectivity index (χ2n) is 2.27. The van der Waals surface area contributed by atoms with Crippen molar-refractivity contribution < 1.29 is 4.74 Å². The van der Waals surface area contributed by atoms with Crippen molar-refractivity contribution in [2.75, 3.05) is 6.73 Å². The van der Waals surface area contributed by atoms with Crippen molar-refractivity contribution in [2.24, 2.45) is 5.73 Å². The zero-order chi connectivity index (χ0) is 8.10. The minimum atomic E-state index is 0.247. The maximum atomic E-state index is 5.26. The Balaban J connectivity index is 2.83. The first-order valence-corrected chi connectivity index (χ1v) is 3.79. The number of rotatable bonds is 3. The van der Waals surface area contributed by atoms with Crippen molar-refractivity contribution in [3.05, 3.63) is 29.8 Å². The predicted molar refractivity (Wildman–Crippen MR) is 45.5 cm³/mol. The minimum Gasteiger partial charge on any atom is -0.478 e. The molecule has 0 bridgehead atoms. The Labute approximate surface area is 67.0 Å². The molecule has 0 radical (unpaired) electrons. The lowest BCUT2D eigenvalue weighted by Gasteiger charge is -2.06. The molecular formula is C9H13NO. The van der Waals surface area contributed by atoms with Crippen LogP contribution in [0.25, 0.3) is 0 Å². The van der Waals surface area contributed by atoms with Gasteiger partial charge in [-0.15, -0.1) is 0 Å². The van der Waals surface area contributed by atoms with Gasteiger partial charge >= 0.3 is 0 Å². The average Bonchev–Trinajstić information content (AvgIpc) is 2.06. The van der Waals surface area contributed by atoms with E-state index >= 15 is 0 Å². The van der Waals surface area contributed by atoms with Crippen LogP contribution in [0, 0.1) is 0 Å². The maximum absolute atomic E-state index is 5.26. The van der Waals surface area contributed by atoms with E-state index in [0.717, 1.165) is 12.2 Å². The molecule has 0 aliphatic carbocycles. The molecule has 1 rings (SSSR count). The van der Waals surface area contributed by atoms with Gasteiger partial charge in [0.25, 0.3) is 0 Å². The lowest BCUT2D eigenvalue weighted by molar-refractivity contribution is 0.326. The van der Waals surface area contributed by atoms with E-state index in [9.17, 15) is 0 Å². The molecule has 0 atom stereocenters. The highest BCUT2D eigenvalue weighted by molar-refractivity contribution is 5.32. The molecule has 0 aliphatic rings. The Morgan fingerprint density at radius 3 is 2.73 bits per heavy atom. The largest absolute Gasteiger partial charge is 0.478 e. The van der Waals surface area contributed by atoms with Crippen LogP contribution >= 0.6 is 0 Å². The molecule has 0 unspecified atom stereocenters. The third kappa shape index (κ3) is 1.95. The normalized spacial score (nSPS) is 9.64. The zero-order valence-corrected chi connectivity index (χ0v) is 6.71. The van der Waals surface area contributed by atoms with Gasteiger partial charge in [0.15, 0.2) is 0 Å². The molecule has 1 aromatic rings. The first-order chi connectivity index (χ1) is 5.38. The summed E-state index contributed by atoms with van der Waals surface area (Å²) < 4.78 is 5.21. The van der Waals surface area contributed by atoms with Gasteiger partial charge in [0.1, 0.15) is 12.5 Å². The topological polar surface area (TPSA) is 35.2 Å². The van der Waals surface area contributed by atoms with Crippen molar-refractivity contribution in [1.29, 1.82) is 0 Å². The van der Waals surface area contributed by atoms with Crippen LogP contribution in [0.4, 0.5) is 0 Å². The second kappa shape index (κ2) is 3.98. The fourth-order valence-corrected chi connectivity index (χ4v) is 1.03. The van der Waals surface area contributed by atoms with Crippen molar-refractivity contribution in [1.82, 2.24) is 0 Å². The fourth-order valence-electron chi connectivity index (χ4n) is 1.03. The van der Waals surface area contributed by atoms with Gasteiger partial charge in [-0.25, -0.2) is 0 Å². The second-order valence-corrected chi connectivity index (χ2v) is 2.27. The molecule has 2 nitrogen and oxygen atoms in total. The molecule has 2 N–H and O–H groups in total. The molecule has 2 heteroatoms. The third-order valence-corrected chi connectivity index (χ3v) is 1.59. The number of nitrogens with two attached hydrogens (primary N) is 1.